The number of hydrogen-bond acceptors (Lipinski definition) is 4. The van der Waals surface area contributed by atoms with E-state index in [2.05, 4.69) is 11.8 Å². The van der Waals surface area contributed by atoms with Crippen molar-refractivity contribution < 1.29 is 13.3 Å². The summed E-state index contributed by atoms with van der Waals surface area (Å²) < 4.78 is 16.6. The van der Waals surface area contributed by atoms with E-state index in [0.717, 1.165) is 6.04 Å². The lowest BCUT2D eigenvalue weighted by molar-refractivity contribution is 0.112. The minimum Gasteiger partial charge on any atom is -0.377 e. The first-order chi connectivity index (χ1) is 8.21. The second-order valence-electron chi connectivity index (χ2n) is 4.69. The van der Waals surface area contributed by atoms with Crippen molar-refractivity contribution >= 4 is 8.80 Å². The van der Waals surface area contributed by atoms with Crippen LogP contribution in [0.4, 0.5) is 0 Å². The molecule has 1 rings (SSSR count). The molecule has 1 heterocycles. The molecular weight excluding hydrogens is 234 g/mol. The average Bonchev–Trinajstić information content (AvgIpc) is 2.80. The fourth-order valence-corrected chi connectivity index (χ4v) is 4.61. The molecule has 1 unspecified atom stereocenters. The standard InChI is InChI=1S/C12H27NO3Si/c1-5-6-9-13-10-7-8-12(13)11-17(14-2,15-3)16-4/h12H,5-11H2,1-4H3. The van der Waals surface area contributed by atoms with Gasteiger partial charge in [-0.1, -0.05) is 13.3 Å². The maximum Gasteiger partial charge on any atom is 0.501 e. The minimum atomic E-state index is -2.41. The molecule has 1 aliphatic rings. The normalized spacial score (nSPS) is 22.2. The van der Waals surface area contributed by atoms with Crippen molar-refractivity contribution in [2.75, 3.05) is 34.4 Å². The fraction of sp³-hybridized carbons (Fsp3) is 1.00. The molecule has 1 atom stereocenters. The molecule has 1 fully saturated rings. The Hall–Kier alpha value is 0.0569. The molecule has 5 heteroatoms. The van der Waals surface area contributed by atoms with E-state index in [9.17, 15) is 0 Å². The van der Waals surface area contributed by atoms with Crippen molar-refractivity contribution in [3.8, 4) is 0 Å². The van der Waals surface area contributed by atoms with Crippen molar-refractivity contribution in [2.24, 2.45) is 0 Å². The van der Waals surface area contributed by atoms with Crippen LogP contribution in [0.15, 0.2) is 0 Å². The van der Waals surface area contributed by atoms with Crippen LogP contribution in [0.5, 0.6) is 0 Å². The highest BCUT2D eigenvalue weighted by Crippen LogP contribution is 2.27. The van der Waals surface area contributed by atoms with E-state index in [0.29, 0.717) is 6.04 Å². The van der Waals surface area contributed by atoms with Crippen LogP contribution in [-0.4, -0.2) is 54.2 Å². The molecule has 1 aliphatic heterocycles. The third-order valence-electron chi connectivity index (χ3n) is 3.72. The summed E-state index contributed by atoms with van der Waals surface area (Å²) in [4.78, 5) is 2.57. The van der Waals surface area contributed by atoms with Gasteiger partial charge in [-0.25, -0.2) is 0 Å². The average molecular weight is 261 g/mol. The van der Waals surface area contributed by atoms with Gasteiger partial charge in [0.05, 0.1) is 0 Å². The summed E-state index contributed by atoms with van der Waals surface area (Å²) in [6, 6.07) is 1.49. The van der Waals surface area contributed by atoms with Gasteiger partial charge in [0.1, 0.15) is 0 Å². The number of nitrogens with zero attached hydrogens (tertiary/aromatic N) is 1. The van der Waals surface area contributed by atoms with Crippen LogP contribution in [0.25, 0.3) is 0 Å². The van der Waals surface area contributed by atoms with Crippen LogP contribution in [0.1, 0.15) is 32.6 Å². The summed E-state index contributed by atoms with van der Waals surface area (Å²) >= 11 is 0. The minimum absolute atomic E-state index is 0.577. The van der Waals surface area contributed by atoms with Gasteiger partial charge in [-0.2, -0.15) is 0 Å². The Bertz CT molecular complexity index is 204. The summed E-state index contributed by atoms with van der Waals surface area (Å²) in [7, 11) is 2.69. The van der Waals surface area contributed by atoms with Crippen LogP contribution >= 0.6 is 0 Å². The third kappa shape index (κ3) is 4.03. The number of hydrogen-bond donors (Lipinski definition) is 0. The van der Waals surface area contributed by atoms with Gasteiger partial charge in [-0.05, 0) is 32.4 Å². The maximum absolute atomic E-state index is 5.52. The van der Waals surface area contributed by atoms with Crippen molar-refractivity contribution in [2.45, 2.75) is 44.7 Å². The first kappa shape index (κ1) is 15.1. The summed E-state index contributed by atoms with van der Waals surface area (Å²) in [6.45, 7) is 4.65. The van der Waals surface area contributed by atoms with Crippen molar-refractivity contribution in [1.29, 1.82) is 0 Å². The number of rotatable bonds is 8. The van der Waals surface area contributed by atoms with Gasteiger partial charge in [0.25, 0.3) is 0 Å². The Morgan fingerprint density at radius 2 is 1.82 bits per heavy atom. The molecule has 0 aromatic heterocycles. The van der Waals surface area contributed by atoms with Gasteiger partial charge in [0.15, 0.2) is 0 Å². The highest BCUT2D eigenvalue weighted by atomic mass is 28.4. The zero-order valence-electron chi connectivity index (χ0n) is 11.7. The van der Waals surface area contributed by atoms with E-state index in [1.165, 1.54) is 38.8 Å². The van der Waals surface area contributed by atoms with E-state index in [1.807, 2.05) is 0 Å². The van der Waals surface area contributed by atoms with E-state index >= 15 is 0 Å². The smallest absolute Gasteiger partial charge is 0.377 e. The number of unbranched alkanes of at least 4 members (excludes halogenated alkanes) is 1. The molecule has 0 aromatic carbocycles. The molecule has 0 N–H and O–H groups in total. The van der Waals surface area contributed by atoms with Crippen LogP contribution in [0.3, 0.4) is 0 Å². The van der Waals surface area contributed by atoms with Crippen LogP contribution < -0.4 is 0 Å². The molecule has 17 heavy (non-hydrogen) atoms. The molecule has 0 radical (unpaired) electrons. The molecule has 0 saturated carbocycles. The van der Waals surface area contributed by atoms with E-state index in [4.69, 9.17) is 13.3 Å². The van der Waals surface area contributed by atoms with E-state index in [1.54, 1.807) is 21.3 Å². The number of likely N-dealkylation sites (tertiary alicyclic amines) is 1. The van der Waals surface area contributed by atoms with Crippen LogP contribution in [-0.2, 0) is 13.3 Å². The molecule has 0 aromatic rings. The van der Waals surface area contributed by atoms with Gasteiger partial charge in [0.2, 0.25) is 0 Å². The Labute approximate surface area is 107 Å². The molecule has 1 saturated heterocycles. The summed E-state index contributed by atoms with van der Waals surface area (Å²) in [5.41, 5.74) is 0. The predicted octanol–water partition coefficient (Wildman–Crippen LogP) is 2.13. The summed E-state index contributed by atoms with van der Waals surface area (Å²) in [5, 5.41) is 0. The van der Waals surface area contributed by atoms with E-state index in [-0.39, 0.29) is 0 Å². The highest BCUT2D eigenvalue weighted by molar-refractivity contribution is 6.60. The van der Waals surface area contributed by atoms with Gasteiger partial charge in [0, 0.05) is 33.4 Å². The lowest BCUT2D eigenvalue weighted by atomic mass is 10.2. The molecule has 4 nitrogen and oxygen atoms in total. The van der Waals surface area contributed by atoms with Gasteiger partial charge < -0.3 is 18.2 Å². The first-order valence-electron chi connectivity index (χ1n) is 6.60. The molecule has 0 spiro atoms. The molecule has 102 valence electrons. The van der Waals surface area contributed by atoms with Crippen molar-refractivity contribution in [3.63, 3.8) is 0 Å². The van der Waals surface area contributed by atoms with Crippen LogP contribution in [0, 0.1) is 0 Å². The van der Waals surface area contributed by atoms with Gasteiger partial charge in [-0.3, -0.25) is 0 Å². The topological polar surface area (TPSA) is 30.9 Å². The largest absolute Gasteiger partial charge is 0.501 e. The summed E-state index contributed by atoms with van der Waals surface area (Å²) in [6.07, 6.45) is 5.06. The lowest BCUT2D eigenvalue weighted by Gasteiger charge is -2.31. The third-order valence-corrected chi connectivity index (χ3v) is 6.55. The first-order valence-corrected chi connectivity index (χ1v) is 8.54. The van der Waals surface area contributed by atoms with E-state index < -0.39 is 8.80 Å². The zero-order chi connectivity index (χ0) is 12.7. The van der Waals surface area contributed by atoms with Crippen molar-refractivity contribution in [3.05, 3.63) is 0 Å². The lowest BCUT2D eigenvalue weighted by Crippen LogP contribution is -2.48. The SMILES string of the molecule is CCCCN1CCCC1C[Si](OC)(OC)OC. The summed E-state index contributed by atoms with van der Waals surface area (Å²) in [5.74, 6) is 0. The maximum atomic E-state index is 5.52. The molecule has 0 amide bonds. The Morgan fingerprint density at radius 1 is 1.18 bits per heavy atom. The van der Waals surface area contributed by atoms with Gasteiger partial charge >= 0.3 is 8.80 Å². The monoisotopic (exact) mass is 261 g/mol. The van der Waals surface area contributed by atoms with Crippen molar-refractivity contribution in [1.82, 2.24) is 4.90 Å². The second-order valence-corrected chi connectivity index (χ2v) is 7.68. The van der Waals surface area contributed by atoms with Crippen LogP contribution in [0.2, 0.25) is 6.04 Å². The molecule has 0 aliphatic carbocycles. The second kappa shape index (κ2) is 7.48. The Morgan fingerprint density at radius 3 is 2.35 bits per heavy atom. The molecular formula is C12H27NO3Si. The Kier molecular flexibility index (Phi) is 6.65. The quantitative estimate of drug-likeness (QED) is 0.626. The predicted molar refractivity (Wildman–Crippen MR) is 71.1 cm³/mol. The zero-order valence-corrected chi connectivity index (χ0v) is 12.7. The van der Waals surface area contributed by atoms with Gasteiger partial charge in [-0.15, -0.1) is 0 Å². The highest BCUT2D eigenvalue weighted by Gasteiger charge is 2.43. The fourth-order valence-electron chi connectivity index (χ4n) is 2.57. The Balaban J connectivity index is 2.52. The molecule has 0 bridgehead atoms.